The van der Waals surface area contributed by atoms with Crippen molar-refractivity contribution in [1.82, 2.24) is 0 Å². The monoisotopic (exact) mass is 382 g/mol. The zero-order valence-electron chi connectivity index (χ0n) is 16.7. The normalized spacial score (nSPS) is 12.0. The second-order valence-corrected chi connectivity index (χ2v) is 10.5. The molecular weight excluding hydrogens is 356 g/mol. The van der Waals surface area contributed by atoms with Crippen LogP contribution in [0.4, 0.5) is 0 Å². The Morgan fingerprint density at radius 3 is 0.964 bits per heavy atom. The van der Waals surface area contributed by atoms with Gasteiger partial charge in [-0.3, -0.25) is 0 Å². The van der Waals surface area contributed by atoms with Gasteiger partial charge in [0.1, 0.15) is 0 Å². The van der Waals surface area contributed by atoms with Crippen molar-refractivity contribution in [3.8, 4) is 0 Å². The molecule has 0 N–H and O–H groups in total. The van der Waals surface area contributed by atoms with Gasteiger partial charge in [-0.1, -0.05) is 71.3 Å². The predicted molar refractivity (Wildman–Crippen MR) is 121 cm³/mol. The van der Waals surface area contributed by atoms with E-state index in [9.17, 15) is 0 Å². The van der Waals surface area contributed by atoms with E-state index in [1.165, 1.54) is 36.3 Å². The van der Waals surface area contributed by atoms with Gasteiger partial charge in [0.05, 0.1) is 0 Å². The molecule has 0 aliphatic rings. The van der Waals surface area contributed by atoms with Crippen LogP contribution in [0, 0.1) is 20.8 Å². The molecule has 0 aliphatic heterocycles. The number of aryl methyl sites for hydroxylation is 3. The van der Waals surface area contributed by atoms with Crippen LogP contribution in [0.1, 0.15) is 16.7 Å². The van der Waals surface area contributed by atoms with Crippen LogP contribution in [-0.4, -0.2) is 0 Å². The van der Waals surface area contributed by atoms with E-state index in [2.05, 4.69) is 124 Å². The van der Waals surface area contributed by atoms with Gasteiger partial charge in [0.25, 0.3) is 0 Å². The molecule has 0 aliphatic carbocycles. The summed E-state index contributed by atoms with van der Waals surface area (Å²) in [7, 11) is -1.56. The summed E-state index contributed by atoms with van der Waals surface area (Å²) < 4.78 is 0. The van der Waals surface area contributed by atoms with Gasteiger partial charge < -0.3 is 0 Å². The zero-order chi connectivity index (χ0) is 19.6. The van der Waals surface area contributed by atoms with Gasteiger partial charge in [-0.25, -0.2) is 0 Å². The summed E-state index contributed by atoms with van der Waals surface area (Å²) in [6.45, 7) is 6.46. The van der Waals surface area contributed by atoms with Crippen molar-refractivity contribution in [1.29, 1.82) is 0 Å². The molecule has 0 saturated carbocycles. The average molecular weight is 383 g/mol. The first-order valence-electron chi connectivity index (χ1n) is 9.69. The topological polar surface area (TPSA) is 0 Å². The Balaban J connectivity index is 2.11. The first-order chi connectivity index (χ1) is 13.6. The molecule has 4 aromatic rings. The second-order valence-electron chi connectivity index (χ2n) is 7.36. The molecule has 28 heavy (non-hydrogen) atoms. The van der Waals surface area contributed by atoms with Crippen molar-refractivity contribution in [2.24, 2.45) is 0 Å². The van der Waals surface area contributed by atoms with E-state index < -0.39 is 10.0 Å². The van der Waals surface area contributed by atoms with E-state index in [-0.39, 0.29) is 0 Å². The van der Waals surface area contributed by atoms with Gasteiger partial charge in [-0.15, -0.1) is 10.0 Å². The lowest BCUT2D eigenvalue weighted by Gasteiger charge is -2.42. The third kappa shape index (κ3) is 3.27. The van der Waals surface area contributed by atoms with Gasteiger partial charge in [-0.05, 0) is 69.3 Å². The Bertz CT molecular complexity index is 933. The molecule has 4 rings (SSSR count). The summed E-state index contributed by atoms with van der Waals surface area (Å²) >= 11 is 0. The summed E-state index contributed by atoms with van der Waals surface area (Å²) in [4.78, 5) is 5.48. The van der Waals surface area contributed by atoms with Crippen molar-refractivity contribution in [3.63, 3.8) is 0 Å². The standard InChI is InChI=1S/C27H26S/c1-21-9-15-25(16-10-21)28(24-7-5-4-6-8-24,26-17-11-22(2)12-18-26)27-19-13-23(3)14-20-27/h4-20H,1-3H3. The molecule has 0 radical (unpaired) electrons. The second kappa shape index (κ2) is 7.69. The van der Waals surface area contributed by atoms with Crippen molar-refractivity contribution in [3.05, 3.63) is 120 Å². The lowest BCUT2D eigenvalue weighted by Crippen LogP contribution is -2.05. The van der Waals surface area contributed by atoms with Crippen molar-refractivity contribution >= 4 is 10.0 Å². The predicted octanol–water partition coefficient (Wildman–Crippen LogP) is 7.95. The molecular formula is C27H26S. The maximum Gasteiger partial charge on any atom is 0.00231 e. The van der Waals surface area contributed by atoms with Gasteiger partial charge in [0.2, 0.25) is 0 Å². The Morgan fingerprint density at radius 2 is 0.643 bits per heavy atom. The SMILES string of the molecule is Cc1ccc(S(c2ccccc2)(c2ccc(C)cc2)c2ccc(C)cc2)cc1. The zero-order valence-corrected chi connectivity index (χ0v) is 17.5. The Morgan fingerprint density at radius 1 is 0.357 bits per heavy atom. The largest absolute Gasteiger partial charge is 0.133 e. The quantitative estimate of drug-likeness (QED) is 0.336. The summed E-state index contributed by atoms with van der Waals surface area (Å²) in [5.74, 6) is 0. The van der Waals surface area contributed by atoms with Crippen LogP contribution in [0.15, 0.2) is 123 Å². The van der Waals surface area contributed by atoms with Crippen molar-refractivity contribution in [2.45, 2.75) is 40.4 Å². The molecule has 0 bridgehead atoms. The molecule has 0 heterocycles. The summed E-state index contributed by atoms with van der Waals surface area (Å²) in [6.07, 6.45) is 0. The fourth-order valence-electron chi connectivity index (χ4n) is 3.67. The Kier molecular flexibility index (Phi) is 5.11. The summed E-state index contributed by atoms with van der Waals surface area (Å²) in [5.41, 5.74) is 3.87. The van der Waals surface area contributed by atoms with E-state index in [1.54, 1.807) is 0 Å². The molecule has 4 aromatic carbocycles. The number of benzene rings is 4. The highest BCUT2D eigenvalue weighted by Gasteiger charge is 2.33. The molecule has 140 valence electrons. The molecule has 0 saturated heterocycles. The first kappa shape index (κ1) is 18.6. The van der Waals surface area contributed by atoms with E-state index in [0.29, 0.717) is 0 Å². The van der Waals surface area contributed by atoms with Crippen molar-refractivity contribution < 1.29 is 0 Å². The van der Waals surface area contributed by atoms with E-state index in [4.69, 9.17) is 0 Å². The third-order valence-electron chi connectivity index (χ3n) is 5.22. The molecule has 0 aromatic heterocycles. The van der Waals surface area contributed by atoms with Crippen LogP contribution in [-0.2, 0) is 0 Å². The van der Waals surface area contributed by atoms with E-state index in [1.807, 2.05) is 0 Å². The molecule has 0 fully saturated rings. The summed E-state index contributed by atoms with van der Waals surface area (Å²) in [5, 5.41) is 0. The van der Waals surface area contributed by atoms with Crippen LogP contribution in [0.2, 0.25) is 0 Å². The fourth-order valence-corrected chi connectivity index (χ4v) is 7.50. The Labute approximate surface area is 170 Å². The maximum absolute atomic E-state index is 2.32. The van der Waals surface area contributed by atoms with Crippen molar-refractivity contribution in [2.75, 3.05) is 0 Å². The van der Waals surface area contributed by atoms with Gasteiger partial charge in [-0.2, -0.15) is 0 Å². The van der Waals surface area contributed by atoms with E-state index >= 15 is 0 Å². The average Bonchev–Trinajstić information content (AvgIpc) is 2.73. The van der Waals surface area contributed by atoms with Gasteiger partial charge in [0.15, 0.2) is 0 Å². The Hall–Kier alpha value is -2.77. The van der Waals surface area contributed by atoms with Crippen LogP contribution in [0.5, 0.6) is 0 Å². The minimum Gasteiger partial charge on any atom is -0.133 e. The highest BCUT2D eigenvalue weighted by atomic mass is 32.3. The lowest BCUT2D eigenvalue weighted by molar-refractivity contribution is 1.22. The smallest absolute Gasteiger partial charge is 0.00231 e. The van der Waals surface area contributed by atoms with Gasteiger partial charge in [0, 0.05) is 19.6 Å². The van der Waals surface area contributed by atoms with Crippen LogP contribution >= 0.6 is 10.0 Å². The lowest BCUT2D eigenvalue weighted by atomic mass is 10.2. The maximum atomic E-state index is 2.32. The van der Waals surface area contributed by atoms with Crippen LogP contribution in [0.3, 0.4) is 0 Å². The van der Waals surface area contributed by atoms with Crippen LogP contribution < -0.4 is 0 Å². The molecule has 0 atom stereocenters. The van der Waals surface area contributed by atoms with E-state index in [0.717, 1.165) is 0 Å². The first-order valence-corrected chi connectivity index (χ1v) is 11.3. The highest BCUT2D eigenvalue weighted by Crippen LogP contribution is 2.73. The van der Waals surface area contributed by atoms with Gasteiger partial charge >= 0.3 is 0 Å². The molecule has 0 nitrogen and oxygen atoms in total. The minimum atomic E-state index is -1.56. The molecule has 1 heteroatoms. The fraction of sp³-hybridized carbons (Fsp3) is 0.111. The third-order valence-corrected chi connectivity index (χ3v) is 9.14. The highest BCUT2D eigenvalue weighted by molar-refractivity contribution is 8.34. The van der Waals surface area contributed by atoms with Crippen LogP contribution in [0.25, 0.3) is 0 Å². The molecule has 0 spiro atoms. The number of hydrogen-bond donors (Lipinski definition) is 0. The number of hydrogen-bond acceptors (Lipinski definition) is 0. The molecule has 0 amide bonds. The minimum absolute atomic E-state index is 1.29. The molecule has 0 unspecified atom stereocenters. The number of rotatable bonds is 4. The summed E-state index contributed by atoms with van der Waals surface area (Å²) in [6, 6.07) is 38.3.